The average molecular weight is 257 g/mol. The van der Waals surface area contributed by atoms with E-state index in [9.17, 15) is 9.59 Å². The van der Waals surface area contributed by atoms with Crippen molar-refractivity contribution < 1.29 is 40.4 Å². The molecule has 1 N–H and O–H groups in total. The third-order valence-corrected chi connectivity index (χ3v) is 1.65. The van der Waals surface area contributed by atoms with Gasteiger partial charge in [-0.2, -0.15) is 0 Å². The van der Waals surface area contributed by atoms with Gasteiger partial charge in [-0.1, -0.05) is 6.92 Å². The van der Waals surface area contributed by atoms with Crippen molar-refractivity contribution in [3.63, 3.8) is 0 Å². The van der Waals surface area contributed by atoms with E-state index in [1.165, 1.54) is 14.1 Å². The summed E-state index contributed by atoms with van der Waals surface area (Å²) in [6.45, 7) is -0.784. The van der Waals surface area contributed by atoms with Crippen molar-refractivity contribution in [2.24, 2.45) is 0 Å². The first-order chi connectivity index (χ1) is 7.99. The molecule has 0 aromatic rings. The van der Waals surface area contributed by atoms with E-state index in [0.29, 0.717) is 0 Å². The van der Waals surface area contributed by atoms with Crippen molar-refractivity contribution in [2.45, 2.75) is 25.9 Å². The molecule has 0 heterocycles. The molecule has 0 aliphatic carbocycles. The summed E-state index contributed by atoms with van der Waals surface area (Å²) in [4.78, 5) is 21.9. The molecular formula is C10H20ClNO4. The van der Waals surface area contributed by atoms with Crippen LogP contribution in [0.2, 0.25) is 0 Å². The lowest BCUT2D eigenvalue weighted by atomic mass is 10.2. The average Bonchev–Trinajstić information content (AvgIpc) is 2.13. The van der Waals surface area contributed by atoms with E-state index in [-0.39, 0.29) is 25.4 Å². The lowest BCUT2D eigenvalue weighted by Gasteiger charge is -2.28. The number of rotatable bonds is 6. The van der Waals surface area contributed by atoms with Gasteiger partial charge in [0.05, 0.1) is 31.6 Å². The van der Waals surface area contributed by atoms with Gasteiger partial charge in [-0.15, -0.1) is 0 Å². The second-order valence-electron chi connectivity index (χ2n) is 3.93. The van der Waals surface area contributed by atoms with Gasteiger partial charge in [0, 0.05) is 6.42 Å². The maximum absolute atomic E-state index is 11.2. The van der Waals surface area contributed by atoms with E-state index >= 15 is 0 Å². The molecule has 0 amide bonds. The largest absolute Gasteiger partial charge is 1.00 e. The van der Waals surface area contributed by atoms with Gasteiger partial charge in [0.1, 0.15) is 6.54 Å². The lowest BCUT2D eigenvalue weighted by molar-refractivity contribution is -0.873. The Balaban J connectivity index is 0. The zero-order valence-electron chi connectivity index (χ0n) is 12.7. The molecule has 0 rings (SSSR count). The molecule has 0 radical (unpaired) electrons. The Hall–Kier alpha value is -0.810. The second kappa shape index (κ2) is 7.46. The van der Waals surface area contributed by atoms with Crippen molar-refractivity contribution in [1.29, 1.82) is 0 Å². The molecular weight excluding hydrogens is 234 g/mol. The Morgan fingerprint density at radius 1 is 1.50 bits per heavy atom. The van der Waals surface area contributed by atoms with Crippen LogP contribution in [0.5, 0.6) is 0 Å². The van der Waals surface area contributed by atoms with Gasteiger partial charge in [-0.05, 0) is 0 Å². The van der Waals surface area contributed by atoms with Crippen LogP contribution in [0.15, 0.2) is 0 Å². The molecule has 6 heteroatoms. The first-order valence-electron chi connectivity index (χ1n) is 6.24. The minimum atomic E-state index is -2.30. The van der Waals surface area contributed by atoms with Gasteiger partial charge in [0.15, 0.2) is 6.10 Å². The van der Waals surface area contributed by atoms with Crippen LogP contribution in [0.3, 0.4) is 0 Å². The summed E-state index contributed by atoms with van der Waals surface area (Å²) in [5, 5.41) is 8.73. The molecule has 0 unspecified atom stereocenters. The van der Waals surface area contributed by atoms with Crippen molar-refractivity contribution >= 4 is 11.9 Å². The number of aliphatic carboxylic acids is 1. The fraction of sp³-hybridized carbons (Fsp3) is 0.800. The Kier molecular flexibility index (Phi) is 5.44. The molecule has 0 aliphatic heterocycles. The smallest absolute Gasteiger partial charge is 0.307 e. The molecule has 96 valence electrons. The fourth-order valence-corrected chi connectivity index (χ4v) is 1.12. The summed E-state index contributed by atoms with van der Waals surface area (Å²) in [7, 11) is 2.89. The van der Waals surface area contributed by atoms with Gasteiger partial charge < -0.3 is 26.7 Å². The van der Waals surface area contributed by atoms with Gasteiger partial charge in [0.25, 0.3) is 0 Å². The minimum Gasteiger partial charge on any atom is -1.00 e. The van der Waals surface area contributed by atoms with Crippen LogP contribution in [0.4, 0.5) is 0 Å². The highest BCUT2D eigenvalue weighted by molar-refractivity contribution is 5.71. The summed E-state index contributed by atoms with van der Waals surface area (Å²) < 4.78 is 26.6. The molecule has 0 saturated carbocycles. The zero-order valence-corrected chi connectivity index (χ0v) is 10.5. The van der Waals surface area contributed by atoms with Crippen LogP contribution in [0.1, 0.15) is 23.9 Å². The molecule has 0 bridgehead atoms. The third-order valence-electron chi connectivity index (χ3n) is 1.65. The predicted molar refractivity (Wildman–Crippen MR) is 55.3 cm³/mol. The Bertz CT molecular complexity index is 320. The van der Waals surface area contributed by atoms with Gasteiger partial charge in [0.2, 0.25) is 0 Å². The monoisotopic (exact) mass is 256 g/mol. The Morgan fingerprint density at radius 2 is 2.06 bits per heavy atom. The maximum atomic E-state index is 11.2. The van der Waals surface area contributed by atoms with Crippen LogP contribution in [-0.2, 0) is 14.3 Å². The highest BCUT2D eigenvalue weighted by Gasteiger charge is 2.23. The third kappa shape index (κ3) is 9.73. The number of nitrogens with zero attached hydrogens (tertiary/aromatic N) is 1. The number of hydrogen-bond acceptors (Lipinski definition) is 3. The summed E-state index contributed by atoms with van der Waals surface area (Å²) in [6, 6.07) is 0. The minimum absolute atomic E-state index is 0. The number of halogens is 1. The van der Waals surface area contributed by atoms with E-state index in [1.54, 1.807) is 6.92 Å². The second-order valence-corrected chi connectivity index (χ2v) is 3.93. The number of hydrogen-bond donors (Lipinski definition) is 1. The standard InChI is InChI=1S/C10H19NO4.ClH/c1-5-10(14)15-8(6-9(12)13)7-11(2,3)4;/h8H,5-7H2,1-4H3;1H/t8-;/m1./s1/i2D3;. The summed E-state index contributed by atoms with van der Waals surface area (Å²) >= 11 is 0. The normalized spacial score (nSPS) is 16.1. The Labute approximate surface area is 107 Å². The van der Waals surface area contributed by atoms with Crippen LogP contribution < -0.4 is 12.4 Å². The molecule has 0 spiro atoms. The van der Waals surface area contributed by atoms with E-state index in [2.05, 4.69) is 0 Å². The fourth-order valence-electron chi connectivity index (χ4n) is 1.12. The SMILES string of the molecule is [2H]C([2H])([2H])[N+](C)(C)C[C@@H](CC(=O)O)OC(=O)CC.[Cl-]. The van der Waals surface area contributed by atoms with Gasteiger partial charge in [-0.25, -0.2) is 0 Å². The number of carboxylic acids is 1. The Morgan fingerprint density at radius 3 is 2.44 bits per heavy atom. The van der Waals surface area contributed by atoms with Crippen LogP contribution in [0.25, 0.3) is 0 Å². The van der Waals surface area contributed by atoms with Crippen molar-refractivity contribution in [1.82, 2.24) is 0 Å². The molecule has 0 aromatic carbocycles. The molecule has 1 atom stereocenters. The van der Waals surface area contributed by atoms with Crippen molar-refractivity contribution in [2.75, 3.05) is 27.6 Å². The quantitative estimate of drug-likeness (QED) is 0.421. The number of carbonyl (C=O) groups is 2. The number of carbonyl (C=O) groups excluding carboxylic acids is 1. The van der Waals surface area contributed by atoms with Crippen LogP contribution >= 0.6 is 0 Å². The molecule has 16 heavy (non-hydrogen) atoms. The highest BCUT2D eigenvalue weighted by atomic mass is 35.5. The summed E-state index contributed by atoms with van der Waals surface area (Å²) in [5.41, 5.74) is 0. The number of ether oxygens (including phenoxy) is 1. The van der Waals surface area contributed by atoms with Gasteiger partial charge in [-0.3, -0.25) is 9.59 Å². The first-order valence-corrected chi connectivity index (χ1v) is 4.74. The lowest BCUT2D eigenvalue weighted by Crippen LogP contribution is -3.00. The number of carboxylic acid groups (broad SMARTS) is 1. The molecule has 0 fully saturated rings. The van der Waals surface area contributed by atoms with Crippen molar-refractivity contribution in [3.8, 4) is 0 Å². The maximum Gasteiger partial charge on any atom is 0.307 e. The summed E-state index contributed by atoms with van der Waals surface area (Å²) in [5.74, 6) is -1.67. The number of likely N-dealkylation sites (N-methyl/N-ethyl adjacent to an activating group) is 1. The van der Waals surface area contributed by atoms with E-state index < -0.39 is 35.9 Å². The molecule has 0 saturated heterocycles. The highest BCUT2D eigenvalue weighted by Crippen LogP contribution is 2.06. The zero-order chi connectivity index (χ0) is 14.6. The topological polar surface area (TPSA) is 63.6 Å². The van der Waals surface area contributed by atoms with Crippen LogP contribution in [-0.4, -0.2) is 55.2 Å². The number of quaternary nitrogens is 1. The van der Waals surface area contributed by atoms with Crippen molar-refractivity contribution in [3.05, 3.63) is 0 Å². The van der Waals surface area contributed by atoms with E-state index in [1.807, 2.05) is 0 Å². The number of esters is 1. The first kappa shape index (κ1) is 11.7. The van der Waals surface area contributed by atoms with Crippen LogP contribution in [0, 0.1) is 0 Å². The van der Waals surface area contributed by atoms with E-state index in [4.69, 9.17) is 14.0 Å². The predicted octanol–water partition coefficient (Wildman–Crippen LogP) is -2.51. The molecule has 0 aliphatic rings. The molecule has 5 nitrogen and oxygen atoms in total. The van der Waals surface area contributed by atoms with E-state index in [0.717, 1.165) is 0 Å². The van der Waals surface area contributed by atoms with Gasteiger partial charge >= 0.3 is 11.9 Å². The summed E-state index contributed by atoms with van der Waals surface area (Å²) in [6.07, 6.45) is -1.22. The molecule has 0 aromatic heterocycles.